The molecule has 2 rings (SSSR count). The smallest absolute Gasteiger partial charge is 0.237 e. The first-order valence-electron chi connectivity index (χ1n) is 7.23. The molecule has 0 radical (unpaired) electrons. The number of aryl methyl sites for hydroxylation is 1. The summed E-state index contributed by atoms with van der Waals surface area (Å²) >= 11 is 0. The van der Waals surface area contributed by atoms with Crippen molar-refractivity contribution in [3.05, 3.63) is 47.2 Å². The largest absolute Gasteiger partial charge is 0.437 e. The van der Waals surface area contributed by atoms with Gasteiger partial charge in [0.25, 0.3) is 0 Å². The van der Waals surface area contributed by atoms with Gasteiger partial charge in [0, 0.05) is 31.8 Å². The Morgan fingerprint density at radius 3 is 2.54 bits per heavy atom. The van der Waals surface area contributed by atoms with Crippen LogP contribution in [0.25, 0.3) is 0 Å². The molecule has 0 saturated heterocycles. The fourth-order valence-electron chi connectivity index (χ4n) is 1.80. The van der Waals surface area contributed by atoms with E-state index in [1.54, 1.807) is 13.3 Å². The minimum Gasteiger partial charge on any atom is -0.437 e. The van der Waals surface area contributed by atoms with Crippen LogP contribution in [0.4, 0.5) is 14.5 Å². The van der Waals surface area contributed by atoms with Gasteiger partial charge in [-0.25, -0.2) is 18.8 Å². The number of rotatable bonds is 5. The number of ether oxygens (including phenoxy) is 1. The number of halogens is 2. The molecule has 0 fully saturated rings. The monoisotopic (exact) mass is 330 g/mol. The molecule has 0 N–H and O–H groups in total. The highest BCUT2D eigenvalue weighted by molar-refractivity contribution is 5.64. The van der Waals surface area contributed by atoms with Crippen molar-refractivity contribution in [3.63, 3.8) is 0 Å². The molecule has 0 aliphatic rings. The number of hydrogen-bond donors (Lipinski definition) is 0. The van der Waals surface area contributed by atoms with Crippen LogP contribution in [-0.4, -0.2) is 29.8 Å². The highest BCUT2D eigenvalue weighted by atomic mass is 19.1. The fraction of sp³-hybridized carbons (Fsp3) is 0.235. The molecule has 0 bridgehead atoms. The van der Waals surface area contributed by atoms with Gasteiger partial charge in [0.05, 0.1) is 17.7 Å². The van der Waals surface area contributed by atoms with E-state index in [0.29, 0.717) is 11.4 Å². The molecule has 0 unspecified atom stereocenters. The van der Waals surface area contributed by atoms with Gasteiger partial charge in [0.1, 0.15) is 29.0 Å². The van der Waals surface area contributed by atoms with Crippen molar-refractivity contribution in [3.8, 4) is 17.7 Å². The van der Waals surface area contributed by atoms with Gasteiger partial charge in [-0.15, -0.1) is 0 Å². The third kappa shape index (κ3) is 4.26. The van der Waals surface area contributed by atoms with Gasteiger partial charge in [0.2, 0.25) is 5.88 Å². The van der Waals surface area contributed by atoms with Crippen molar-refractivity contribution in [1.29, 1.82) is 5.26 Å². The zero-order chi connectivity index (χ0) is 17.7. The normalized spacial score (nSPS) is 10.7. The van der Waals surface area contributed by atoms with Crippen molar-refractivity contribution in [2.45, 2.75) is 13.8 Å². The maximum Gasteiger partial charge on any atom is 0.237 e. The van der Waals surface area contributed by atoms with E-state index < -0.39 is 11.6 Å². The summed E-state index contributed by atoms with van der Waals surface area (Å²) < 4.78 is 31.8. The first-order chi connectivity index (χ1) is 11.4. The summed E-state index contributed by atoms with van der Waals surface area (Å²) in [4.78, 5) is 10.3. The van der Waals surface area contributed by atoms with Crippen molar-refractivity contribution in [1.82, 2.24) is 9.88 Å². The molecule has 124 valence electrons. The maximum absolute atomic E-state index is 13.2. The van der Waals surface area contributed by atoms with E-state index in [2.05, 4.69) is 9.98 Å². The van der Waals surface area contributed by atoms with Crippen molar-refractivity contribution >= 4 is 12.0 Å². The molecule has 1 heterocycles. The molecule has 0 atom stereocenters. The van der Waals surface area contributed by atoms with Crippen LogP contribution in [0.2, 0.25) is 0 Å². The van der Waals surface area contributed by atoms with Gasteiger partial charge in [-0.1, -0.05) is 0 Å². The zero-order valence-corrected chi connectivity index (χ0v) is 13.5. The molecule has 0 spiro atoms. The molecule has 1 aromatic carbocycles. The molecule has 2 aromatic rings. The van der Waals surface area contributed by atoms with E-state index in [-0.39, 0.29) is 17.2 Å². The molecule has 1 aromatic heterocycles. The standard InChI is InChI=1S/C17H16F2N4O/c1-4-23(3)10-21-16-5-12(9-20)17(22-11(16)2)24-15-7-13(18)6-14(19)8-15/h5-8,10H,4H2,1-3H3. The van der Waals surface area contributed by atoms with Gasteiger partial charge in [-0.05, 0) is 19.9 Å². The van der Waals surface area contributed by atoms with E-state index >= 15 is 0 Å². The van der Waals surface area contributed by atoms with E-state index in [4.69, 9.17) is 4.74 Å². The quantitative estimate of drug-likeness (QED) is 0.615. The number of aliphatic imine (C=N–C) groups is 1. The number of nitrogens with zero attached hydrogens (tertiary/aromatic N) is 4. The van der Waals surface area contributed by atoms with E-state index in [1.807, 2.05) is 24.9 Å². The van der Waals surface area contributed by atoms with Gasteiger partial charge < -0.3 is 9.64 Å². The Morgan fingerprint density at radius 1 is 1.29 bits per heavy atom. The summed E-state index contributed by atoms with van der Waals surface area (Å²) in [6.45, 7) is 4.47. The van der Waals surface area contributed by atoms with Crippen LogP contribution in [0.5, 0.6) is 11.6 Å². The topological polar surface area (TPSA) is 61.5 Å². The number of pyridine rings is 1. The second-order valence-electron chi connectivity index (χ2n) is 5.08. The van der Waals surface area contributed by atoms with E-state index in [1.165, 1.54) is 6.07 Å². The van der Waals surface area contributed by atoms with Crippen molar-refractivity contribution in [2.75, 3.05) is 13.6 Å². The van der Waals surface area contributed by atoms with Gasteiger partial charge in [0.15, 0.2) is 0 Å². The number of nitriles is 1. The average molecular weight is 330 g/mol. The molecular weight excluding hydrogens is 314 g/mol. The summed E-state index contributed by atoms with van der Waals surface area (Å²) in [7, 11) is 1.87. The summed E-state index contributed by atoms with van der Waals surface area (Å²) in [6, 6.07) is 6.24. The number of aromatic nitrogens is 1. The summed E-state index contributed by atoms with van der Waals surface area (Å²) in [5, 5.41) is 9.26. The Balaban J connectivity index is 2.36. The highest BCUT2D eigenvalue weighted by Crippen LogP contribution is 2.29. The molecule has 0 amide bonds. The zero-order valence-electron chi connectivity index (χ0n) is 13.5. The molecule has 5 nitrogen and oxygen atoms in total. The average Bonchev–Trinajstić information content (AvgIpc) is 2.52. The summed E-state index contributed by atoms with van der Waals surface area (Å²) in [5.74, 6) is -1.64. The lowest BCUT2D eigenvalue weighted by Gasteiger charge is -2.11. The third-order valence-electron chi connectivity index (χ3n) is 3.22. The Morgan fingerprint density at radius 2 is 1.96 bits per heavy atom. The van der Waals surface area contributed by atoms with Crippen LogP contribution in [0.3, 0.4) is 0 Å². The van der Waals surface area contributed by atoms with Gasteiger partial charge in [-0.3, -0.25) is 0 Å². The predicted molar refractivity (Wildman–Crippen MR) is 86.6 cm³/mol. The van der Waals surface area contributed by atoms with Crippen LogP contribution < -0.4 is 4.74 Å². The van der Waals surface area contributed by atoms with Gasteiger partial charge >= 0.3 is 0 Å². The minimum atomic E-state index is -0.774. The van der Waals surface area contributed by atoms with E-state index in [9.17, 15) is 14.0 Å². The van der Waals surface area contributed by atoms with Gasteiger partial charge in [-0.2, -0.15) is 5.26 Å². The van der Waals surface area contributed by atoms with Crippen LogP contribution >= 0.6 is 0 Å². The van der Waals surface area contributed by atoms with E-state index in [0.717, 1.165) is 24.7 Å². The first-order valence-corrected chi connectivity index (χ1v) is 7.23. The first kappa shape index (κ1) is 17.3. The second-order valence-corrected chi connectivity index (χ2v) is 5.08. The van der Waals surface area contributed by atoms with Crippen molar-refractivity contribution < 1.29 is 13.5 Å². The lowest BCUT2D eigenvalue weighted by molar-refractivity contribution is 0.449. The Bertz CT molecular complexity index is 795. The molecule has 0 aliphatic carbocycles. The van der Waals surface area contributed by atoms with Crippen LogP contribution in [-0.2, 0) is 0 Å². The molecular formula is C17H16F2N4O. The molecule has 0 saturated carbocycles. The predicted octanol–water partition coefficient (Wildman–Crippen LogP) is 3.94. The lowest BCUT2D eigenvalue weighted by atomic mass is 10.2. The SMILES string of the molecule is CCN(C)C=Nc1cc(C#N)c(Oc2cc(F)cc(F)c2)nc1C. The number of benzene rings is 1. The molecule has 0 aliphatic heterocycles. The Kier molecular flexibility index (Phi) is 5.42. The van der Waals surface area contributed by atoms with Crippen LogP contribution in [0.1, 0.15) is 18.2 Å². The lowest BCUT2D eigenvalue weighted by Crippen LogP contribution is -2.14. The molecule has 24 heavy (non-hydrogen) atoms. The Hall–Kier alpha value is -3.01. The Labute approximate surface area is 138 Å². The fourth-order valence-corrected chi connectivity index (χ4v) is 1.80. The van der Waals surface area contributed by atoms with Crippen molar-refractivity contribution in [2.24, 2.45) is 4.99 Å². The summed E-state index contributed by atoms with van der Waals surface area (Å²) in [6.07, 6.45) is 1.63. The summed E-state index contributed by atoms with van der Waals surface area (Å²) in [5.41, 5.74) is 1.17. The highest BCUT2D eigenvalue weighted by Gasteiger charge is 2.12. The van der Waals surface area contributed by atoms with Crippen LogP contribution in [0, 0.1) is 29.9 Å². The third-order valence-corrected chi connectivity index (χ3v) is 3.22. The number of hydrogen-bond acceptors (Lipinski definition) is 4. The second kappa shape index (κ2) is 7.51. The van der Waals surface area contributed by atoms with Crippen LogP contribution in [0.15, 0.2) is 29.3 Å². The molecule has 7 heteroatoms. The maximum atomic E-state index is 13.2. The minimum absolute atomic E-state index is 0.0252.